The molecule has 0 aromatic carbocycles. The summed E-state index contributed by atoms with van der Waals surface area (Å²) in [6.07, 6.45) is 16.9. The summed E-state index contributed by atoms with van der Waals surface area (Å²) < 4.78 is 0. The maximum atomic E-state index is 12.0. The Morgan fingerprint density at radius 3 is 2.96 bits per heavy atom. The lowest BCUT2D eigenvalue weighted by Gasteiger charge is -2.03. The van der Waals surface area contributed by atoms with Gasteiger partial charge in [-0.2, -0.15) is 0 Å². The zero-order chi connectivity index (χ0) is 19.6. The number of hydrogen-bond acceptors (Lipinski definition) is 3. The maximum Gasteiger partial charge on any atom is 0.243 e. The van der Waals surface area contributed by atoms with Gasteiger partial charge >= 0.3 is 0 Å². The summed E-state index contributed by atoms with van der Waals surface area (Å²) >= 11 is 1.90. The third-order valence-corrected chi connectivity index (χ3v) is 6.43. The van der Waals surface area contributed by atoms with Crippen molar-refractivity contribution in [2.24, 2.45) is 5.92 Å². The summed E-state index contributed by atoms with van der Waals surface area (Å²) in [4.78, 5) is 17.7. The number of amides is 1. The quantitative estimate of drug-likeness (QED) is 0.371. The molecular formula is C24H32N2OS. The van der Waals surface area contributed by atoms with Gasteiger partial charge in [0.2, 0.25) is 5.91 Å². The van der Waals surface area contributed by atoms with E-state index in [4.69, 9.17) is 0 Å². The molecule has 2 aromatic rings. The van der Waals surface area contributed by atoms with Gasteiger partial charge in [-0.15, -0.1) is 11.3 Å². The second-order valence-electron chi connectivity index (χ2n) is 7.73. The molecule has 4 heteroatoms. The van der Waals surface area contributed by atoms with E-state index in [9.17, 15) is 4.79 Å². The highest BCUT2D eigenvalue weighted by Gasteiger charge is 2.37. The number of aryl methyl sites for hydroxylation is 2. The Balaban J connectivity index is 1.32. The predicted octanol–water partition coefficient (Wildman–Crippen LogP) is 5.67. The Bertz CT molecular complexity index is 753. The van der Waals surface area contributed by atoms with Crippen molar-refractivity contribution in [1.82, 2.24) is 10.3 Å². The molecule has 28 heavy (non-hydrogen) atoms. The molecule has 1 aliphatic rings. The minimum absolute atomic E-state index is 0.0421. The van der Waals surface area contributed by atoms with E-state index in [2.05, 4.69) is 40.8 Å². The topological polar surface area (TPSA) is 42.0 Å². The van der Waals surface area contributed by atoms with Crippen LogP contribution in [-0.4, -0.2) is 17.4 Å². The lowest BCUT2D eigenvalue weighted by Crippen LogP contribution is -2.22. The predicted molar refractivity (Wildman–Crippen MR) is 118 cm³/mol. The molecule has 2 aromatic heterocycles. The van der Waals surface area contributed by atoms with E-state index in [-0.39, 0.29) is 5.91 Å². The Hall–Kier alpha value is -1.94. The molecule has 0 radical (unpaired) electrons. The van der Waals surface area contributed by atoms with E-state index in [1.807, 2.05) is 23.6 Å². The number of rotatable bonds is 12. The number of carbonyl (C=O) groups excluding carboxylic acids is 1. The van der Waals surface area contributed by atoms with Gasteiger partial charge in [-0.1, -0.05) is 31.9 Å². The zero-order valence-corrected chi connectivity index (χ0v) is 17.7. The average Bonchev–Trinajstić information content (AvgIpc) is 3.34. The van der Waals surface area contributed by atoms with E-state index < -0.39 is 0 Å². The number of nitrogens with one attached hydrogen (secondary N) is 1. The van der Waals surface area contributed by atoms with Crippen molar-refractivity contribution in [2.45, 2.75) is 64.2 Å². The van der Waals surface area contributed by atoms with Gasteiger partial charge < -0.3 is 5.32 Å². The Morgan fingerprint density at radius 1 is 1.25 bits per heavy atom. The molecule has 150 valence electrons. The summed E-state index contributed by atoms with van der Waals surface area (Å²) in [5.41, 5.74) is 2.79. The van der Waals surface area contributed by atoms with Crippen LogP contribution in [0.15, 0.2) is 48.1 Å². The SMILES string of the molecule is CCCCCc1sccc1C1CC1/C=C/C(=O)NCCCCc1cccnc1. The van der Waals surface area contributed by atoms with Crippen LogP contribution in [0.3, 0.4) is 0 Å². The molecule has 0 spiro atoms. The molecule has 2 atom stereocenters. The third-order valence-electron chi connectivity index (χ3n) is 5.44. The second-order valence-corrected chi connectivity index (χ2v) is 8.73. The van der Waals surface area contributed by atoms with Gasteiger partial charge in [-0.05, 0) is 85.1 Å². The lowest BCUT2D eigenvalue weighted by molar-refractivity contribution is -0.116. The normalized spacial score (nSPS) is 18.5. The minimum atomic E-state index is 0.0421. The maximum absolute atomic E-state index is 12.0. The zero-order valence-electron chi connectivity index (χ0n) is 16.9. The van der Waals surface area contributed by atoms with Crippen molar-refractivity contribution in [3.8, 4) is 0 Å². The molecular weight excluding hydrogens is 364 g/mol. The molecule has 2 unspecified atom stereocenters. The first kappa shape index (κ1) is 20.8. The van der Waals surface area contributed by atoms with Crippen LogP contribution in [0.1, 0.15) is 67.4 Å². The Morgan fingerprint density at radius 2 is 2.14 bits per heavy atom. The molecule has 1 amide bonds. The Kier molecular flexibility index (Phi) is 8.28. The molecule has 1 aliphatic carbocycles. The van der Waals surface area contributed by atoms with Crippen molar-refractivity contribution >= 4 is 17.2 Å². The Labute approximate surface area is 173 Å². The number of thiophene rings is 1. The van der Waals surface area contributed by atoms with Gasteiger partial charge in [0.15, 0.2) is 0 Å². The molecule has 0 bridgehead atoms. The molecule has 2 heterocycles. The first-order chi connectivity index (χ1) is 13.8. The number of aromatic nitrogens is 1. The summed E-state index contributed by atoms with van der Waals surface area (Å²) in [5, 5.41) is 5.24. The van der Waals surface area contributed by atoms with Crippen LogP contribution < -0.4 is 5.32 Å². The fourth-order valence-corrected chi connectivity index (χ4v) is 4.68. The van der Waals surface area contributed by atoms with Gasteiger partial charge in [0.05, 0.1) is 0 Å². The highest BCUT2D eigenvalue weighted by molar-refractivity contribution is 7.10. The molecule has 3 rings (SSSR count). The smallest absolute Gasteiger partial charge is 0.243 e. The monoisotopic (exact) mass is 396 g/mol. The first-order valence-corrected chi connectivity index (χ1v) is 11.6. The van der Waals surface area contributed by atoms with Gasteiger partial charge in [0, 0.05) is 23.8 Å². The molecule has 3 nitrogen and oxygen atoms in total. The van der Waals surface area contributed by atoms with Gasteiger partial charge in [0.25, 0.3) is 0 Å². The van der Waals surface area contributed by atoms with Crippen LogP contribution >= 0.6 is 11.3 Å². The first-order valence-electron chi connectivity index (χ1n) is 10.7. The van der Waals surface area contributed by atoms with E-state index >= 15 is 0 Å². The van der Waals surface area contributed by atoms with Crippen molar-refractivity contribution in [3.05, 3.63) is 64.1 Å². The van der Waals surface area contributed by atoms with Gasteiger partial charge in [-0.25, -0.2) is 0 Å². The van der Waals surface area contributed by atoms with Gasteiger partial charge in [0.1, 0.15) is 0 Å². The molecule has 1 fully saturated rings. The molecule has 1 saturated carbocycles. The lowest BCUT2D eigenvalue weighted by atomic mass is 10.1. The van der Waals surface area contributed by atoms with Crippen molar-refractivity contribution in [3.63, 3.8) is 0 Å². The van der Waals surface area contributed by atoms with Crippen LogP contribution in [0.5, 0.6) is 0 Å². The highest BCUT2D eigenvalue weighted by atomic mass is 32.1. The van der Waals surface area contributed by atoms with E-state index in [0.717, 1.165) is 25.8 Å². The number of carbonyl (C=O) groups is 1. The molecule has 1 N–H and O–H groups in total. The van der Waals surface area contributed by atoms with Crippen LogP contribution in [0.2, 0.25) is 0 Å². The van der Waals surface area contributed by atoms with Crippen LogP contribution in [-0.2, 0) is 17.6 Å². The molecule has 0 aliphatic heterocycles. The van der Waals surface area contributed by atoms with Gasteiger partial charge in [-0.3, -0.25) is 9.78 Å². The highest BCUT2D eigenvalue weighted by Crippen LogP contribution is 2.50. The van der Waals surface area contributed by atoms with Crippen molar-refractivity contribution < 1.29 is 4.79 Å². The largest absolute Gasteiger partial charge is 0.353 e. The number of nitrogens with zero attached hydrogens (tertiary/aromatic N) is 1. The van der Waals surface area contributed by atoms with E-state index in [1.54, 1.807) is 17.2 Å². The van der Waals surface area contributed by atoms with Crippen LogP contribution in [0.25, 0.3) is 0 Å². The molecule has 0 saturated heterocycles. The summed E-state index contributed by atoms with van der Waals surface area (Å²) in [6, 6.07) is 6.37. The number of allylic oxidation sites excluding steroid dienone is 1. The summed E-state index contributed by atoms with van der Waals surface area (Å²) in [6.45, 7) is 2.99. The second kappa shape index (κ2) is 11.2. The average molecular weight is 397 g/mol. The number of pyridine rings is 1. The standard InChI is InChI=1S/C24H32N2OS/c1-2-3-4-10-23-21(13-16-28-23)22-17-20(22)11-12-24(27)26-15-6-5-8-19-9-7-14-25-18-19/h7,9,11-14,16,18,20,22H,2-6,8,10,15,17H2,1H3,(H,26,27)/b12-11+. The summed E-state index contributed by atoms with van der Waals surface area (Å²) in [5.74, 6) is 1.21. The third kappa shape index (κ3) is 6.59. The van der Waals surface area contributed by atoms with E-state index in [0.29, 0.717) is 11.8 Å². The van der Waals surface area contributed by atoms with Crippen LogP contribution in [0, 0.1) is 5.92 Å². The van der Waals surface area contributed by atoms with Crippen molar-refractivity contribution in [2.75, 3.05) is 6.54 Å². The summed E-state index contributed by atoms with van der Waals surface area (Å²) in [7, 11) is 0. The van der Waals surface area contributed by atoms with E-state index in [1.165, 1.54) is 43.2 Å². The fourth-order valence-electron chi connectivity index (χ4n) is 3.69. The number of hydrogen-bond donors (Lipinski definition) is 1. The van der Waals surface area contributed by atoms with Crippen LogP contribution in [0.4, 0.5) is 0 Å². The number of unbranched alkanes of at least 4 members (excludes halogenated alkanes) is 3. The fraction of sp³-hybridized carbons (Fsp3) is 0.500. The van der Waals surface area contributed by atoms with Crippen molar-refractivity contribution in [1.29, 1.82) is 0 Å². The minimum Gasteiger partial charge on any atom is -0.353 e.